The summed E-state index contributed by atoms with van der Waals surface area (Å²) in [5, 5.41) is 13.2. The molecule has 0 unspecified atom stereocenters. The number of ether oxygens (including phenoxy) is 1. The van der Waals surface area contributed by atoms with Crippen molar-refractivity contribution in [1.29, 1.82) is 0 Å². The number of rotatable bonds is 2. The number of halogens is 1. The molecule has 0 saturated heterocycles. The number of carbonyl (C=O) groups excluding carboxylic acids is 2. The van der Waals surface area contributed by atoms with Crippen molar-refractivity contribution in [2.45, 2.75) is 0 Å². The van der Waals surface area contributed by atoms with Crippen molar-refractivity contribution >= 4 is 45.8 Å². The number of carbonyl (C=O) groups is 2. The van der Waals surface area contributed by atoms with Gasteiger partial charge in [-0.05, 0) is 46.2 Å². The average Bonchev–Trinajstić information content (AvgIpc) is 2.67. The lowest BCUT2D eigenvalue weighted by molar-refractivity contribution is -0.149. The Kier molecular flexibility index (Phi) is 4.26. The summed E-state index contributed by atoms with van der Waals surface area (Å²) in [4.78, 5) is 24.3. The molecule has 3 aromatic carbocycles. The minimum Gasteiger partial charge on any atom is -0.504 e. The van der Waals surface area contributed by atoms with Gasteiger partial charge in [0.25, 0.3) is 5.78 Å². The second-order valence-corrected chi connectivity index (χ2v) is 6.50. The minimum atomic E-state index is -1.04. The maximum Gasteiger partial charge on any atom is 0.385 e. The van der Waals surface area contributed by atoms with E-state index in [1.807, 2.05) is 42.5 Å². The number of cyclic esters (lactones) is 1. The molecule has 0 aromatic heterocycles. The van der Waals surface area contributed by atoms with Crippen LogP contribution < -0.4 is 0 Å². The zero-order valence-corrected chi connectivity index (χ0v) is 14.7. The van der Waals surface area contributed by atoms with Gasteiger partial charge in [0.15, 0.2) is 11.5 Å². The van der Waals surface area contributed by atoms with E-state index in [1.165, 1.54) is 6.08 Å². The fraction of sp³-hybridized carbons (Fsp3) is 0. The van der Waals surface area contributed by atoms with Crippen LogP contribution in [0.2, 0.25) is 5.02 Å². The molecule has 0 radical (unpaired) electrons. The number of aliphatic hydroxyl groups is 1. The maximum atomic E-state index is 12.2. The zero-order chi connectivity index (χ0) is 19.0. The second-order valence-electron chi connectivity index (χ2n) is 6.06. The fourth-order valence-corrected chi connectivity index (χ4v) is 3.08. The lowest BCUT2D eigenvalue weighted by Crippen LogP contribution is -2.25. The van der Waals surface area contributed by atoms with Gasteiger partial charge < -0.3 is 9.84 Å². The first kappa shape index (κ1) is 17.1. The Morgan fingerprint density at radius 2 is 1.59 bits per heavy atom. The third kappa shape index (κ3) is 3.23. The van der Waals surface area contributed by atoms with Crippen LogP contribution in [-0.2, 0) is 14.3 Å². The van der Waals surface area contributed by atoms with Crippen molar-refractivity contribution in [3.05, 3.63) is 94.4 Å². The van der Waals surface area contributed by atoms with Gasteiger partial charge in [-0.2, -0.15) is 0 Å². The molecule has 132 valence electrons. The number of aliphatic hydroxyl groups excluding tert-OH is 1. The average molecular weight is 377 g/mol. The summed E-state index contributed by atoms with van der Waals surface area (Å²) in [6, 6.07) is 19.8. The smallest absolute Gasteiger partial charge is 0.385 e. The van der Waals surface area contributed by atoms with Crippen LogP contribution in [0.3, 0.4) is 0 Å². The molecule has 1 aliphatic heterocycles. The second kappa shape index (κ2) is 6.74. The van der Waals surface area contributed by atoms with Crippen molar-refractivity contribution < 1.29 is 19.4 Å². The van der Waals surface area contributed by atoms with Gasteiger partial charge in [0.05, 0.1) is 5.57 Å². The first-order valence-electron chi connectivity index (χ1n) is 8.19. The zero-order valence-electron chi connectivity index (χ0n) is 14.0. The molecule has 1 heterocycles. The quantitative estimate of drug-likeness (QED) is 0.509. The predicted molar refractivity (Wildman–Crippen MR) is 104 cm³/mol. The van der Waals surface area contributed by atoms with Crippen molar-refractivity contribution in [2.75, 3.05) is 0 Å². The van der Waals surface area contributed by atoms with E-state index in [0.717, 1.165) is 16.3 Å². The summed E-state index contributed by atoms with van der Waals surface area (Å²) < 4.78 is 5.04. The Labute approximate surface area is 160 Å². The highest BCUT2D eigenvalue weighted by Gasteiger charge is 2.34. The number of benzene rings is 3. The number of esters is 1. The summed E-state index contributed by atoms with van der Waals surface area (Å²) >= 11 is 5.87. The first-order chi connectivity index (χ1) is 13.0. The van der Waals surface area contributed by atoms with E-state index in [0.29, 0.717) is 10.6 Å². The number of hydrogen-bond donors (Lipinski definition) is 1. The van der Waals surface area contributed by atoms with E-state index in [-0.39, 0.29) is 17.1 Å². The van der Waals surface area contributed by atoms with E-state index in [2.05, 4.69) is 0 Å². The van der Waals surface area contributed by atoms with Gasteiger partial charge in [-0.15, -0.1) is 0 Å². The highest BCUT2D eigenvalue weighted by molar-refractivity contribution is 6.53. The van der Waals surface area contributed by atoms with Crippen LogP contribution in [0.25, 0.3) is 22.4 Å². The molecular formula is C22H13ClO4. The van der Waals surface area contributed by atoms with E-state index < -0.39 is 11.8 Å². The molecule has 0 bridgehead atoms. The molecule has 4 rings (SSSR count). The Hall–Kier alpha value is -3.37. The number of fused-ring (bicyclic) bond motifs is 1. The molecule has 0 amide bonds. The summed E-state index contributed by atoms with van der Waals surface area (Å²) in [7, 11) is 0. The van der Waals surface area contributed by atoms with Gasteiger partial charge >= 0.3 is 5.97 Å². The van der Waals surface area contributed by atoms with Gasteiger partial charge in [-0.1, -0.05) is 60.1 Å². The largest absolute Gasteiger partial charge is 0.504 e. The van der Waals surface area contributed by atoms with E-state index in [9.17, 15) is 14.7 Å². The summed E-state index contributed by atoms with van der Waals surface area (Å²) in [6.45, 7) is 0. The lowest BCUT2D eigenvalue weighted by Gasteiger charge is -2.18. The van der Waals surface area contributed by atoms with Crippen LogP contribution in [-0.4, -0.2) is 16.9 Å². The van der Waals surface area contributed by atoms with E-state index in [1.54, 1.807) is 24.3 Å². The third-order valence-electron chi connectivity index (χ3n) is 4.29. The van der Waals surface area contributed by atoms with Gasteiger partial charge in [0.2, 0.25) is 0 Å². The monoisotopic (exact) mass is 376 g/mol. The molecule has 3 aromatic rings. The Morgan fingerprint density at radius 3 is 2.33 bits per heavy atom. The summed E-state index contributed by atoms with van der Waals surface area (Å²) in [6.07, 6.45) is 1.53. The molecular weight excluding hydrogens is 364 g/mol. The first-order valence-corrected chi connectivity index (χ1v) is 8.57. The molecule has 27 heavy (non-hydrogen) atoms. The van der Waals surface area contributed by atoms with Crippen LogP contribution >= 0.6 is 11.6 Å². The Balaban J connectivity index is 1.83. The molecule has 1 N–H and O–H groups in total. The summed E-state index contributed by atoms with van der Waals surface area (Å²) in [5.74, 6) is -2.38. The van der Waals surface area contributed by atoms with Crippen molar-refractivity contribution in [2.24, 2.45) is 0 Å². The molecule has 0 aliphatic carbocycles. The fourth-order valence-electron chi connectivity index (χ4n) is 2.96. The topological polar surface area (TPSA) is 63.6 Å². The van der Waals surface area contributed by atoms with Crippen LogP contribution in [0.5, 0.6) is 0 Å². The number of Topliss-reactive ketones (excluding diaryl/α,β-unsaturated/α-hetero) is 1. The van der Waals surface area contributed by atoms with Gasteiger partial charge in [0, 0.05) is 5.02 Å². The normalized spacial score (nSPS) is 16.1. The van der Waals surface area contributed by atoms with Crippen molar-refractivity contribution in [1.82, 2.24) is 0 Å². The van der Waals surface area contributed by atoms with Gasteiger partial charge in [-0.3, -0.25) is 4.79 Å². The Bertz CT molecular complexity index is 1140. The molecule has 5 heteroatoms. The van der Waals surface area contributed by atoms with Crippen molar-refractivity contribution in [3.8, 4) is 0 Å². The van der Waals surface area contributed by atoms with Gasteiger partial charge in [-0.25, -0.2) is 4.79 Å². The van der Waals surface area contributed by atoms with Crippen LogP contribution in [0.15, 0.2) is 78.2 Å². The molecule has 0 saturated carbocycles. The van der Waals surface area contributed by atoms with E-state index in [4.69, 9.17) is 16.3 Å². The van der Waals surface area contributed by atoms with Crippen molar-refractivity contribution in [3.63, 3.8) is 0 Å². The third-order valence-corrected chi connectivity index (χ3v) is 4.54. The number of ketones is 1. The highest BCUT2D eigenvalue weighted by Crippen LogP contribution is 2.31. The van der Waals surface area contributed by atoms with Gasteiger partial charge in [0.1, 0.15) is 0 Å². The lowest BCUT2D eigenvalue weighted by atomic mass is 9.97. The van der Waals surface area contributed by atoms with Crippen LogP contribution in [0.4, 0.5) is 0 Å². The van der Waals surface area contributed by atoms with E-state index >= 15 is 0 Å². The summed E-state index contributed by atoms with van der Waals surface area (Å²) in [5.41, 5.74) is 1.02. The molecule has 0 atom stereocenters. The standard InChI is InChI=1S/C22H13ClO4/c23-17-9-7-15(8-10-17)19-20(24)18(27-22(26)21(19)25)12-13-5-6-14-3-1-2-4-16(14)11-13/h1-12,24H. The molecule has 0 fully saturated rings. The SMILES string of the molecule is O=C1OC(=Cc2ccc3ccccc3c2)C(O)=C(c2ccc(Cl)cc2)C1=O. The van der Waals surface area contributed by atoms with Crippen LogP contribution in [0, 0.1) is 0 Å². The predicted octanol–water partition coefficient (Wildman–Crippen LogP) is 4.93. The maximum absolute atomic E-state index is 12.2. The minimum absolute atomic E-state index is 0.0696. The molecule has 4 nitrogen and oxygen atoms in total. The highest BCUT2D eigenvalue weighted by atomic mass is 35.5. The Morgan fingerprint density at radius 1 is 0.889 bits per heavy atom. The number of hydrogen-bond acceptors (Lipinski definition) is 4. The molecule has 1 aliphatic rings. The molecule has 0 spiro atoms. The van der Waals surface area contributed by atoms with Crippen LogP contribution in [0.1, 0.15) is 11.1 Å².